The number of likely N-dealkylation sites (N-methyl/N-ethyl adjacent to an activating group) is 1. The molecule has 0 bridgehead atoms. The van der Waals surface area contributed by atoms with E-state index in [1.807, 2.05) is 36.2 Å². The highest BCUT2D eigenvalue weighted by atomic mass is 127. The number of anilines is 1. The molecule has 0 radical (unpaired) electrons. The van der Waals surface area contributed by atoms with Gasteiger partial charge in [0.2, 0.25) is 5.91 Å². The Morgan fingerprint density at radius 1 is 1.21 bits per heavy atom. The van der Waals surface area contributed by atoms with Gasteiger partial charge in [-0.2, -0.15) is 8.78 Å². The molecule has 2 rings (SSSR count). The van der Waals surface area contributed by atoms with Gasteiger partial charge in [-0.15, -0.1) is 0 Å². The van der Waals surface area contributed by atoms with Crippen molar-refractivity contribution < 1.29 is 18.3 Å². The Labute approximate surface area is 152 Å². The predicted molar refractivity (Wildman–Crippen MR) is 97.2 cm³/mol. The number of halogens is 3. The number of hydrogen-bond acceptors (Lipinski definition) is 3. The van der Waals surface area contributed by atoms with Crippen LogP contribution in [0.1, 0.15) is 5.56 Å². The van der Waals surface area contributed by atoms with E-state index in [0.717, 1.165) is 14.8 Å². The quantitative estimate of drug-likeness (QED) is 0.655. The fourth-order valence-electron chi connectivity index (χ4n) is 2.14. The molecular weight excluding hydrogens is 429 g/mol. The number of para-hydroxylation sites is 1. The summed E-state index contributed by atoms with van der Waals surface area (Å²) in [5.74, 6) is 0.00655. The smallest absolute Gasteiger partial charge is 0.387 e. The molecule has 24 heavy (non-hydrogen) atoms. The van der Waals surface area contributed by atoms with Crippen molar-refractivity contribution in [3.05, 3.63) is 57.7 Å². The fraction of sp³-hybridized carbons (Fsp3) is 0.235. The summed E-state index contributed by atoms with van der Waals surface area (Å²) in [5.41, 5.74) is 1.69. The Bertz CT molecular complexity index is 681. The van der Waals surface area contributed by atoms with Crippen LogP contribution in [-0.2, 0) is 11.3 Å². The lowest BCUT2D eigenvalue weighted by atomic mass is 10.2. The maximum Gasteiger partial charge on any atom is 0.387 e. The molecule has 1 amide bonds. The van der Waals surface area contributed by atoms with Gasteiger partial charge in [-0.1, -0.05) is 24.3 Å². The van der Waals surface area contributed by atoms with Gasteiger partial charge in [-0.05, 0) is 59.5 Å². The second kappa shape index (κ2) is 8.93. The monoisotopic (exact) mass is 446 g/mol. The summed E-state index contributed by atoms with van der Waals surface area (Å²) in [6.45, 7) is -2.09. The molecule has 0 spiro atoms. The van der Waals surface area contributed by atoms with Crippen molar-refractivity contribution in [2.45, 2.75) is 13.2 Å². The SMILES string of the molecule is CN(CC(=O)Nc1ccccc1I)Cc1ccc(OC(F)F)cc1. The average molecular weight is 446 g/mol. The number of nitrogens with one attached hydrogen (secondary N) is 1. The zero-order valence-corrected chi connectivity index (χ0v) is 15.2. The molecule has 7 heteroatoms. The first-order valence-corrected chi connectivity index (χ1v) is 8.28. The summed E-state index contributed by atoms with van der Waals surface area (Å²) in [6.07, 6.45) is 0. The molecule has 1 N–H and O–H groups in total. The highest BCUT2D eigenvalue weighted by molar-refractivity contribution is 14.1. The largest absolute Gasteiger partial charge is 0.435 e. The second-order valence-corrected chi connectivity index (χ2v) is 6.38. The van der Waals surface area contributed by atoms with Crippen LogP contribution in [0.4, 0.5) is 14.5 Å². The minimum absolute atomic E-state index is 0.112. The summed E-state index contributed by atoms with van der Waals surface area (Å²) >= 11 is 2.16. The lowest BCUT2D eigenvalue weighted by Crippen LogP contribution is -2.30. The molecule has 0 saturated heterocycles. The van der Waals surface area contributed by atoms with E-state index in [-0.39, 0.29) is 18.2 Å². The zero-order chi connectivity index (χ0) is 17.5. The third-order valence-corrected chi connectivity index (χ3v) is 4.10. The maximum atomic E-state index is 12.1. The van der Waals surface area contributed by atoms with Crippen LogP contribution in [0, 0.1) is 3.57 Å². The predicted octanol–water partition coefficient (Wildman–Crippen LogP) is 3.96. The summed E-state index contributed by atoms with van der Waals surface area (Å²) in [4.78, 5) is 13.9. The first kappa shape index (κ1) is 18.6. The van der Waals surface area contributed by atoms with Crippen molar-refractivity contribution in [3.63, 3.8) is 0 Å². The number of hydrogen-bond donors (Lipinski definition) is 1. The molecule has 0 unspecified atom stereocenters. The van der Waals surface area contributed by atoms with Gasteiger partial charge in [0.25, 0.3) is 0 Å². The van der Waals surface area contributed by atoms with E-state index in [9.17, 15) is 13.6 Å². The van der Waals surface area contributed by atoms with Gasteiger partial charge in [-0.25, -0.2) is 0 Å². The summed E-state index contributed by atoms with van der Waals surface area (Å²) in [5, 5.41) is 2.87. The number of carbonyl (C=O) groups is 1. The van der Waals surface area contributed by atoms with E-state index in [2.05, 4.69) is 32.6 Å². The highest BCUT2D eigenvalue weighted by Gasteiger charge is 2.10. The molecule has 0 atom stereocenters. The van der Waals surface area contributed by atoms with Crippen molar-refractivity contribution in [2.24, 2.45) is 0 Å². The van der Waals surface area contributed by atoms with Crippen LogP contribution in [-0.4, -0.2) is 31.0 Å². The van der Waals surface area contributed by atoms with Crippen LogP contribution in [0.2, 0.25) is 0 Å². The topological polar surface area (TPSA) is 41.6 Å². The van der Waals surface area contributed by atoms with Crippen LogP contribution in [0.25, 0.3) is 0 Å². The molecule has 0 fully saturated rings. The third-order valence-electron chi connectivity index (χ3n) is 3.16. The van der Waals surface area contributed by atoms with Gasteiger partial charge >= 0.3 is 6.61 Å². The Hall–Kier alpha value is -1.74. The molecule has 4 nitrogen and oxygen atoms in total. The number of rotatable bonds is 7. The Morgan fingerprint density at radius 3 is 2.50 bits per heavy atom. The lowest BCUT2D eigenvalue weighted by Gasteiger charge is -2.17. The summed E-state index contributed by atoms with van der Waals surface area (Å²) in [6, 6.07) is 13.9. The minimum Gasteiger partial charge on any atom is -0.435 e. The molecular formula is C17H17F2IN2O2. The average Bonchev–Trinajstić information content (AvgIpc) is 2.51. The van der Waals surface area contributed by atoms with Crippen molar-refractivity contribution in [3.8, 4) is 5.75 Å². The normalized spacial score (nSPS) is 10.9. The van der Waals surface area contributed by atoms with E-state index >= 15 is 0 Å². The third kappa shape index (κ3) is 6.04. The maximum absolute atomic E-state index is 12.1. The number of alkyl halides is 2. The van der Waals surface area contributed by atoms with E-state index in [0.29, 0.717) is 6.54 Å². The van der Waals surface area contributed by atoms with Gasteiger partial charge in [-0.3, -0.25) is 9.69 Å². The van der Waals surface area contributed by atoms with E-state index < -0.39 is 6.61 Å². The van der Waals surface area contributed by atoms with E-state index in [4.69, 9.17) is 0 Å². The lowest BCUT2D eigenvalue weighted by molar-refractivity contribution is -0.117. The Balaban J connectivity index is 1.85. The van der Waals surface area contributed by atoms with Gasteiger partial charge in [0.1, 0.15) is 5.75 Å². The molecule has 0 aliphatic heterocycles. The first-order chi connectivity index (χ1) is 11.4. The van der Waals surface area contributed by atoms with Crippen molar-refractivity contribution in [1.82, 2.24) is 4.90 Å². The molecule has 2 aromatic carbocycles. The molecule has 0 heterocycles. The zero-order valence-electron chi connectivity index (χ0n) is 13.0. The molecule has 0 aliphatic carbocycles. The Morgan fingerprint density at radius 2 is 1.88 bits per heavy atom. The summed E-state index contributed by atoms with van der Waals surface area (Å²) < 4.78 is 29.5. The van der Waals surface area contributed by atoms with Crippen molar-refractivity contribution >= 4 is 34.2 Å². The number of amides is 1. The van der Waals surface area contributed by atoms with Crippen LogP contribution in [0.5, 0.6) is 5.75 Å². The van der Waals surface area contributed by atoms with Crippen LogP contribution in [0.15, 0.2) is 48.5 Å². The number of carbonyl (C=O) groups excluding carboxylic acids is 1. The summed E-state index contributed by atoms with van der Waals surface area (Å²) in [7, 11) is 1.82. The van der Waals surface area contributed by atoms with Crippen molar-refractivity contribution in [2.75, 3.05) is 18.9 Å². The first-order valence-electron chi connectivity index (χ1n) is 7.20. The van der Waals surface area contributed by atoms with Crippen LogP contribution in [0.3, 0.4) is 0 Å². The number of benzene rings is 2. The van der Waals surface area contributed by atoms with E-state index in [1.54, 1.807) is 12.1 Å². The fourth-order valence-corrected chi connectivity index (χ4v) is 2.66. The minimum atomic E-state index is -2.83. The number of nitrogens with zero attached hydrogens (tertiary/aromatic N) is 1. The molecule has 0 aliphatic rings. The second-order valence-electron chi connectivity index (χ2n) is 5.22. The van der Waals surface area contributed by atoms with E-state index in [1.165, 1.54) is 12.1 Å². The molecule has 0 aromatic heterocycles. The van der Waals surface area contributed by atoms with Gasteiger partial charge in [0.05, 0.1) is 12.2 Å². The van der Waals surface area contributed by atoms with Gasteiger partial charge in [0.15, 0.2) is 0 Å². The standard InChI is InChI=1S/C17H17F2IN2O2/c1-22(10-12-6-8-13(9-7-12)24-17(18)19)11-16(23)21-15-5-3-2-4-14(15)20/h2-9,17H,10-11H2,1H3,(H,21,23). The van der Waals surface area contributed by atoms with Crippen LogP contribution >= 0.6 is 22.6 Å². The Kier molecular flexibility index (Phi) is 6.92. The van der Waals surface area contributed by atoms with Gasteiger partial charge in [0, 0.05) is 10.1 Å². The highest BCUT2D eigenvalue weighted by Crippen LogP contribution is 2.17. The number of ether oxygens (including phenoxy) is 1. The molecule has 0 saturated carbocycles. The van der Waals surface area contributed by atoms with Crippen molar-refractivity contribution in [1.29, 1.82) is 0 Å². The molecule has 128 valence electrons. The van der Waals surface area contributed by atoms with Crippen LogP contribution < -0.4 is 10.1 Å². The molecule has 2 aromatic rings. The van der Waals surface area contributed by atoms with Gasteiger partial charge < -0.3 is 10.1 Å².